The summed E-state index contributed by atoms with van der Waals surface area (Å²) in [4.78, 5) is 4.20. The number of hydrogen-bond acceptors (Lipinski definition) is 1. The van der Waals surface area contributed by atoms with Crippen LogP contribution in [-0.2, 0) is 7.05 Å². The summed E-state index contributed by atoms with van der Waals surface area (Å²) in [5, 5.41) is 1.20. The molecule has 0 aliphatic heterocycles. The summed E-state index contributed by atoms with van der Waals surface area (Å²) in [6.07, 6.45) is 3.82. The highest BCUT2D eigenvalue weighted by Crippen LogP contribution is 2.09. The van der Waals surface area contributed by atoms with Crippen molar-refractivity contribution < 1.29 is 0 Å². The average molecular weight is 254 g/mol. The van der Waals surface area contributed by atoms with Crippen molar-refractivity contribution in [2.45, 2.75) is 20.8 Å². The first-order chi connectivity index (χ1) is 9.27. The van der Waals surface area contributed by atoms with Gasteiger partial charge in [0.1, 0.15) is 5.65 Å². The number of hydrogen-bond donors (Lipinski definition) is 0. The predicted molar refractivity (Wildman–Crippen MR) is 83.2 cm³/mol. The number of benzene rings is 1. The lowest BCUT2D eigenvalue weighted by Gasteiger charge is -1.91. The van der Waals surface area contributed by atoms with E-state index < -0.39 is 0 Å². The number of nitrogens with zero attached hydrogens (tertiary/aromatic N) is 2. The molecule has 0 aliphatic carbocycles. The molecule has 3 rings (SSSR count). The highest BCUT2D eigenvalue weighted by molar-refractivity contribution is 5.75. The SMILES string of the molecule is CC.Cc1ccccc1.Cn1ccc2cccnc21. The standard InChI is InChI=1S/C8H8N2.C7H8.C2H6/c1-10-6-4-7-3-2-5-9-8(7)10;1-7-5-3-2-4-6-7;1-2/h2-6H,1H3;2-6H,1H3;1-2H3. The van der Waals surface area contributed by atoms with Crippen molar-refractivity contribution in [2.75, 3.05) is 0 Å². The fraction of sp³-hybridized carbons (Fsp3) is 0.235. The topological polar surface area (TPSA) is 17.8 Å². The van der Waals surface area contributed by atoms with E-state index in [2.05, 4.69) is 36.2 Å². The molecule has 1 aromatic carbocycles. The third kappa shape index (κ3) is 4.59. The second-order valence-corrected chi connectivity index (χ2v) is 4.00. The summed E-state index contributed by atoms with van der Waals surface area (Å²) in [6.45, 7) is 6.08. The second-order valence-electron chi connectivity index (χ2n) is 4.00. The molecular formula is C17H22N2. The molecule has 0 aliphatic rings. The molecule has 19 heavy (non-hydrogen) atoms. The molecule has 0 spiro atoms. The normalized spacial score (nSPS) is 9.05. The van der Waals surface area contributed by atoms with E-state index in [1.807, 2.05) is 62.1 Å². The molecule has 0 atom stereocenters. The van der Waals surface area contributed by atoms with Crippen molar-refractivity contribution in [3.8, 4) is 0 Å². The Hall–Kier alpha value is -2.09. The number of pyridine rings is 1. The Labute approximate surface area is 115 Å². The molecule has 2 heterocycles. The molecule has 3 aromatic rings. The lowest BCUT2D eigenvalue weighted by Crippen LogP contribution is -1.85. The molecule has 0 N–H and O–H groups in total. The van der Waals surface area contributed by atoms with Gasteiger partial charge in [-0.05, 0) is 25.1 Å². The fourth-order valence-electron chi connectivity index (χ4n) is 1.63. The summed E-state index contributed by atoms with van der Waals surface area (Å²) >= 11 is 0. The third-order valence-electron chi connectivity index (χ3n) is 2.57. The molecule has 2 nitrogen and oxygen atoms in total. The quantitative estimate of drug-likeness (QED) is 0.573. The van der Waals surface area contributed by atoms with Gasteiger partial charge in [0, 0.05) is 24.8 Å². The predicted octanol–water partition coefficient (Wildman–Crippen LogP) is 4.59. The van der Waals surface area contributed by atoms with Gasteiger partial charge in [-0.15, -0.1) is 0 Å². The van der Waals surface area contributed by atoms with Crippen LogP contribution in [0, 0.1) is 6.92 Å². The highest BCUT2D eigenvalue weighted by atomic mass is 15.0. The molecule has 0 unspecified atom stereocenters. The van der Waals surface area contributed by atoms with Crippen LogP contribution < -0.4 is 0 Å². The Kier molecular flexibility index (Phi) is 6.37. The Balaban J connectivity index is 0.000000177. The van der Waals surface area contributed by atoms with Gasteiger partial charge in [0.05, 0.1) is 0 Å². The first kappa shape index (κ1) is 15.0. The Morgan fingerprint density at radius 1 is 0.895 bits per heavy atom. The molecule has 0 amide bonds. The van der Waals surface area contributed by atoms with Gasteiger partial charge in [0.15, 0.2) is 0 Å². The van der Waals surface area contributed by atoms with Crippen LogP contribution in [0.3, 0.4) is 0 Å². The summed E-state index contributed by atoms with van der Waals surface area (Å²) < 4.78 is 2.01. The van der Waals surface area contributed by atoms with Crippen molar-refractivity contribution >= 4 is 11.0 Å². The lowest BCUT2D eigenvalue weighted by molar-refractivity contribution is 0.948. The fourth-order valence-corrected chi connectivity index (χ4v) is 1.63. The van der Waals surface area contributed by atoms with Crippen LogP contribution in [0.25, 0.3) is 11.0 Å². The first-order valence-corrected chi connectivity index (χ1v) is 6.65. The molecule has 0 saturated carbocycles. The Morgan fingerprint density at radius 2 is 1.58 bits per heavy atom. The zero-order valence-electron chi connectivity index (χ0n) is 12.2. The largest absolute Gasteiger partial charge is 0.336 e. The molecule has 0 saturated heterocycles. The zero-order valence-corrected chi connectivity index (χ0v) is 12.2. The van der Waals surface area contributed by atoms with Crippen molar-refractivity contribution in [1.82, 2.24) is 9.55 Å². The van der Waals surface area contributed by atoms with Gasteiger partial charge >= 0.3 is 0 Å². The Bertz CT molecular complexity index is 582. The molecule has 2 aromatic heterocycles. The van der Waals surface area contributed by atoms with Gasteiger partial charge in [-0.25, -0.2) is 4.98 Å². The second kappa shape index (κ2) is 8.09. The summed E-state index contributed by atoms with van der Waals surface area (Å²) in [6, 6.07) is 16.3. The number of rotatable bonds is 0. The van der Waals surface area contributed by atoms with Crippen molar-refractivity contribution in [3.05, 3.63) is 66.5 Å². The molecule has 0 bridgehead atoms. The minimum absolute atomic E-state index is 1.04. The minimum atomic E-state index is 1.04. The van der Waals surface area contributed by atoms with Gasteiger partial charge < -0.3 is 4.57 Å². The monoisotopic (exact) mass is 254 g/mol. The van der Waals surface area contributed by atoms with Crippen LogP contribution in [-0.4, -0.2) is 9.55 Å². The maximum absolute atomic E-state index is 4.20. The van der Waals surface area contributed by atoms with E-state index in [1.54, 1.807) is 0 Å². The maximum Gasteiger partial charge on any atom is 0.139 e. The minimum Gasteiger partial charge on any atom is -0.336 e. The van der Waals surface area contributed by atoms with Gasteiger partial charge in [-0.2, -0.15) is 0 Å². The third-order valence-corrected chi connectivity index (χ3v) is 2.57. The molecular weight excluding hydrogens is 232 g/mol. The number of fused-ring (bicyclic) bond motifs is 1. The van der Waals surface area contributed by atoms with E-state index in [0.29, 0.717) is 0 Å². The Morgan fingerprint density at radius 3 is 2.11 bits per heavy atom. The van der Waals surface area contributed by atoms with E-state index in [1.165, 1.54) is 10.9 Å². The maximum atomic E-state index is 4.20. The highest BCUT2D eigenvalue weighted by Gasteiger charge is 1.93. The van der Waals surface area contributed by atoms with Gasteiger partial charge in [-0.3, -0.25) is 0 Å². The van der Waals surface area contributed by atoms with E-state index in [4.69, 9.17) is 0 Å². The van der Waals surface area contributed by atoms with Crippen molar-refractivity contribution in [3.63, 3.8) is 0 Å². The number of aryl methyl sites for hydroxylation is 2. The van der Waals surface area contributed by atoms with Crippen LogP contribution in [0.4, 0.5) is 0 Å². The molecule has 100 valence electrons. The summed E-state index contributed by atoms with van der Waals surface area (Å²) in [7, 11) is 2.00. The van der Waals surface area contributed by atoms with Crippen LogP contribution in [0.2, 0.25) is 0 Å². The van der Waals surface area contributed by atoms with Gasteiger partial charge in [-0.1, -0.05) is 49.7 Å². The zero-order chi connectivity index (χ0) is 14.1. The van der Waals surface area contributed by atoms with Crippen LogP contribution in [0.1, 0.15) is 19.4 Å². The molecule has 0 radical (unpaired) electrons. The summed E-state index contributed by atoms with van der Waals surface area (Å²) in [5.74, 6) is 0. The van der Waals surface area contributed by atoms with Crippen molar-refractivity contribution in [1.29, 1.82) is 0 Å². The van der Waals surface area contributed by atoms with E-state index in [9.17, 15) is 0 Å². The summed E-state index contributed by atoms with van der Waals surface area (Å²) in [5.41, 5.74) is 2.37. The van der Waals surface area contributed by atoms with Crippen LogP contribution in [0.15, 0.2) is 60.9 Å². The van der Waals surface area contributed by atoms with E-state index in [-0.39, 0.29) is 0 Å². The van der Waals surface area contributed by atoms with Crippen LogP contribution >= 0.6 is 0 Å². The average Bonchev–Trinajstić information content (AvgIpc) is 2.85. The van der Waals surface area contributed by atoms with Gasteiger partial charge in [0.25, 0.3) is 0 Å². The lowest BCUT2D eigenvalue weighted by atomic mass is 10.2. The molecule has 0 fully saturated rings. The smallest absolute Gasteiger partial charge is 0.139 e. The first-order valence-electron chi connectivity index (χ1n) is 6.65. The molecule has 2 heteroatoms. The number of aromatic nitrogens is 2. The van der Waals surface area contributed by atoms with Gasteiger partial charge in [0.2, 0.25) is 0 Å². The van der Waals surface area contributed by atoms with E-state index >= 15 is 0 Å². The van der Waals surface area contributed by atoms with Crippen LogP contribution in [0.5, 0.6) is 0 Å². The van der Waals surface area contributed by atoms with Crippen molar-refractivity contribution in [2.24, 2.45) is 7.05 Å². The van der Waals surface area contributed by atoms with E-state index in [0.717, 1.165) is 5.65 Å².